The van der Waals surface area contributed by atoms with Crippen LogP contribution in [0.15, 0.2) is 18.2 Å². The molecule has 132 valence electrons. The number of nitrogens with one attached hydrogen (secondary N) is 1. The van der Waals surface area contributed by atoms with Crippen molar-refractivity contribution < 1.29 is 19.1 Å². The molecule has 1 atom stereocenters. The smallest absolute Gasteiger partial charge is 0.231 e. The molecule has 5 N–H and O–H groups in total. The monoisotopic (exact) mass is 335 g/mol. The summed E-state index contributed by atoms with van der Waals surface area (Å²) >= 11 is 0. The molecule has 0 saturated heterocycles. The number of carbonyl (C=O) groups is 2. The van der Waals surface area contributed by atoms with Crippen molar-refractivity contribution in [2.75, 3.05) is 6.79 Å². The van der Waals surface area contributed by atoms with E-state index in [1.807, 2.05) is 0 Å². The summed E-state index contributed by atoms with van der Waals surface area (Å²) < 4.78 is 10.5. The Bertz CT molecular complexity index is 616. The molecule has 0 aliphatic carbocycles. The van der Waals surface area contributed by atoms with Gasteiger partial charge in [0.25, 0.3) is 0 Å². The van der Waals surface area contributed by atoms with Crippen molar-refractivity contribution in [2.24, 2.45) is 17.4 Å². The van der Waals surface area contributed by atoms with Crippen LogP contribution in [0.25, 0.3) is 0 Å². The van der Waals surface area contributed by atoms with E-state index in [-0.39, 0.29) is 18.5 Å². The largest absolute Gasteiger partial charge is 0.454 e. The van der Waals surface area contributed by atoms with Crippen molar-refractivity contribution >= 4 is 11.7 Å². The van der Waals surface area contributed by atoms with Gasteiger partial charge in [0.15, 0.2) is 23.1 Å². The second-order valence-electron chi connectivity index (χ2n) is 6.09. The highest BCUT2D eigenvalue weighted by Crippen LogP contribution is 2.33. The molecule has 1 aromatic rings. The third-order valence-electron chi connectivity index (χ3n) is 4.13. The van der Waals surface area contributed by atoms with Gasteiger partial charge in [-0.2, -0.15) is 0 Å². The topological polar surface area (TPSA) is 117 Å². The van der Waals surface area contributed by atoms with Crippen molar-refractivity contribution in [3.8, 4) is 11.5 Å². The summed E-state index contributed by atoms with van der Waals surface area (Å²) in [7, 11) is 0. The Morgan fingerprint density at radius 3 is 2.67 bits per heavy atom. The summed E-state index contributed by atoms with van der Waals surface area (Å²) in [5, 5.41) is 2.56. The van der Waals surface area contributed by atoms with E-state index in [1.165, 1.54) is 0 Å². The number of hydrogen-bond donors (Lipinski definition) is 3. The molecule has 1 heterocycles. The first kappa shape index (κ1) is 18.2. The first-order valence-corrected chi connectivity index (χ1v) is 8.17. The lowest BCUT2D eigenvalue weighted by molar-refractivity contribution is -0.123. The zero-order valence-corrected chi connectivity index (χ0v) is 14.1. The Morgan fingerprint density at radius 2 is 1.96 bits per heavy atom. The summed E-state index contributed by atoms with van der Waals surface area (Å²) in [5.74, 6) is -1.83. The second kappa shape index (κ2) is 7.63. The maximum Gasteiger partial charge on any atom is 0.231 e. The molecule has 7 heteroatoms. The summed E-state index contributed by atoms with van der Waals surface area (Å²) in [6.45, 7) is 3.79. The number of rotatable bonds is 8. The van der Waals surface area contributed by atoms with E-state index in [9.17, 15) is 9.59 Å². The fraction of sp³-hybridized carbons (Fsp3) is 0.529. The molecule has 7 nitrogen and oxygen atoms in total. The van der Waals surface area contributed by atoms with Crippen molar-refractivity contribution in [1.82, 2.24) is 5.32 Å². The number of benzene rings is 1. The lowest BCUT2D eigenvalue weighted by Crippen LogP contribution is -2.68. The summed E-state index contributed by atoms with van der Waals surface area (Å²) in [4.78, 5) is 24.6. The quantitative estimate of drug-likeness (QED) is 0.376. The van der Waals surface area contributed by atoms with Crippen LogP contribution in [0.1, 0.15) is 49.9 Å². The fourth-order valence-electron chi connectivity index (χ4n) is 2.46. The first-order valence-electron chi connectivity index (χ1n) is 8.17. The Morgan fingerprint density at radius 1 is 1.25 bits per heavy atom. The highest BCUT2D eigenvalue weighted by molar-refractivity contribution is 5.99. The molecule has 0 spiro atoms. The van der Waals surface area contributed by atoms with Gasteiger partial charge in [-0.05, 0) is 24.6 Å². The molecule has 2 rings (SSSR count). The normalized spacial score (nSPS) is 14.3. The van der Waals surface area contributed by atoms with Gasteiger partial charge in [-0.15, -0.1) is 0 Å². The second-order valence-corrected chi connectivity index (χ2v) is 6.09. The molecule has 0 aromatic heterocycles. The van der Waals surface area contributed by atoms with Gasteiger partial charge < -0.3 is 14.8 Å². The number of ketones is 1. The van der Waals surface area contributed by atoms with Crippen molar-refractivity contribution in [2.45, 2.75) is 45.3 Å². The molecule has 24 heavy (non-hydrogen) atoms. The van der Waals surface area contributed by atoms with E-state index in [1.54, 1.807) is 25.1 Å². The Labute approximate surface area is 141 Å². The number of hydrogen-bond acceptors (Lipinski definition) is 6. The number of fused-ring (bicyclic) bond motifs is 1. The van der Waals surface area contributed by atoms with E-state index in [4.69, 9.17) is 20.9 Å². The van der Waals surface area contributed by atoms with Crippen LogP contribution < -0.4 is 26.3 Å². The van der Waals surface area contributed by atoms with E-state index in [2.05, 4.69) is 12.2 Å². The average molecular weight is 335 g/mol. The van der Waals surface area contributed by atoms with Crippen LogP contribution in [0.3, 0.4) is 0 Å². The van der Waals surface area contributed by atoms with Crippen LogP contribution in [0.4, 0.5) is 0 Å². The maximum absolute atomic E-state index is 12.6. The van der Waals surface area contributed by atoms with Gasteiger partial charge in [-0.3, -0.25) is 21.1 Å². The number of unbranched alkanes of at least 4 members (excludes halogenated alkanes) is 2. The molecule has 0 fully saturated rings. The van der Waals surface area contributed by atoms with Crippen LogP contribution in [0.5, 0.6) is 11.5 Å². The van der Waals surface area contributed by atoms with Gasteiger partial charge in [0.2, 0.25) is 12.7 Å². The van der Waals surface area contributed by atoms with Crippen molar-refractivity contribution in [1.29, 1.82) is 0 Å². The Kier molecular flexibility index (Phi) is 5.80. The lowest BCUT2D eigenvalue weighted by Gasteiger charge is -2.31. The highest BCUT2D eigenvalue weighted by atomic mass is 16.7. The molecule has 1 amide bonds. The van der Waals surface area contributed by atoms with Crippen LogP contribution in [-0.2, 0) is 4.79 Å². The third kappa shape index (κ3) is 4.24. The predicted molar refractivity (Wildman–Crippen MR) is 89.5 cm³/mol. The molecular weight excluding hydrogens is 310 g/mol. The number of nitrogens with two attached hydrogens (primary N) is 2. The summed E-state index contributed by atoms with van der Waals surface area (Å²) in [6.07, 6.45) is 3.09. The minimum absolute atomic E-state index is 0.133. The fourth-order valence-corrected chi connectivity index (χ4v) is 2.46. The first-order chi connectivity index (χ1) is 11.3. The number of Topliss-reactive ketones (excluding diaryl/α,β-unsaturated/α-hetero) is 1. The SMILES string of the molecule is CCCCCC(=O)NC(N)(N)[C@H](C)C(=O)c1ccc2c(c1)OCO2. The van der Waals surface area contributed by atoms with E-state index < -0.39 is 11.7 Å². The molecule has 0 saturated carbocycles. The zero-order valence-electron chi connectivity index (χ0n) is 14.1. The molecule has 0 radical (unpaired) electrons. The summed E-state index contributed by atoms with van der Waals surface area (Å²) in [5.41, 5.74) is 12.4. The van der Waals surface area contributed by atoms with Gasteiger partial charge >= 0.3 is 0 Å². The molecule has 0 bridgehead atoms. The zero-order chi connectivity index (χ0) is 17.7. The molecular formula is C17H25N3O4. The van der Waals surface area contributed by atoms with Crippen LogP contribution in [-0.4, -0.2) is 24.3 Å². The minimum atomic E-state index is -1.61. The number of ether oxygens (including phenoxy) is 2. The van der Waals surface area contributed by atoms with Crippen LogP contribution in [0, 0.1) is 5.92 Å². The molecule has 1 aromatic carbocycles. The highest BCUT2D eigenvalue weighted by Gasteiger charge is 2.35. The molecule has 1 aliphatic rings. The van der Waals surface area contributed by atoms with Gasteiger partial charge in [0.05, 0.1) is 5.92 Å². The molecule has 1 aliphatic heterocycles. The van der Waals surface area contributed by atoms with Crippen molar-refractivity contribution in [3.05, 3.63) is 23.8 Å². The van der Waals surface area contributed by atoms with Gasteiger partial charge in [0, 0.05) is 12.0 Å². The maximum atomic E-state index is 12.6. The number of amides is 1. The standard InChI is InChI=1S/C17H25N3O4/c1-3-4-5-6-15(21)20-17(18,19)11(2)16(22)12-7-8-13-14(9-12)24-10-23-13/h7-9,11H,3-6,10,18-19H2,1-2H3,(H,20,21)/t11-/m1/s1. The van der Waals surface area contributed by atoms with Gasteiger partial charge in [-0.25, -0.2) is 0 Å². The van der Waals surface area contributed by atoms with E-state index in [0.717, 1.165) is 19.3 Å². The van der Waals surface area contributed by atoms with Crippen LogP contribution >= 0.6 is 0 Å². The third-order valence-corrected chi connectivity index (χ3v) is 4.13. The van der Waals surface area contributed by atoms with E-state index in [0.29, 0.717) is 23.5 Å². The average Bonchev–Trinajstić information content (AvgIpc) is 3.00. The minimum Gasteiger partial charge on any atom is -0.454 e. The van der Waals surface area contributed by atoms with Crippen molar-refractivity contribution in [3.63, 3.8) is 0 Å². The molecule has 0 unspecified atom stereocenters. The van der Waals surface area contributed by atoms with Gasteiger partial charge in [-0.1, -0.05) is 26.7 Å². The van der Waals surface area contributed by atoms with E-state index >= 15 is 0 Å². The summed E-state index contributed by atoms with van der Waals surface area (Å²) in [6, 6.07) is 4.89. The lowest BCUT2D eigenvalue weighted by atomic mass is 9.93. The Hall–Kier alpha value is -2.12. The van der Waals surface area contributed by atoms with Crippen LogP contribution in [0.2, 0.25) is 0 Å². The van der Waals surface area contributed by atoms with Gasteiger partial charge in [0.1, 0.15) is 0 Å². The predicted octanol–water partition coefficient (Wildman–Crippen LogP) is 1.50. The Balaban J connectivity index is 2.01. The number of carbonyl (C=O) groups excluding carboxylic acids is 2.